The van der Waals surface area contributed by atoms with Crippen LogP contribution in [0.2, 0.25) is 0 Å². The second-order valence-electron chi connectivity index (χ2n) is 8.61. The first kappa shape index (κ1) is 18.3. The lowest BCUT2D eigenvalue weighted by Gasteiger charge is -2.47. The van der Waals surface area contributed by atoms with Crippen molar-refractivity contribution in [3.8, 4) is 0 Å². The van der Waals surface area contributed by atoms with E-state index in [0.29, 0.717) is 31.8 Å². The van der Waals surface area contributed by atoms with Gasteiger partial charge in [0.2, 0.25) is 11.8 Å². The van der Waals surface area contributed by atoms with Crippen LogP contribution in [0.5, 0.6) is 0 Å². The maximum Gasteiger partial charge on any atom is 0.224 e. The van der Waals surface area contributed by atoms with Crippen LogP contribution in [0.25, 0.3) is 0 Å². The zero-order valence-corrected chi connectivity index (χ0v) is 16.6. The standard InChI is InChI=1S/C22H31N3O2/c1-23-14-17-15-24(2)20(26)11-12-25(21(27)13-16-7-3-4-8-16)22(17)18-9-5-6-10-19(18)23/h5-6,9-10,16-17,22H,3-4,7-8,11-15H2,1-2H3/t17-,22-/m1/s1. The molecule has 0 aromatic heterocycles. The molecule has 2 atom stereocenters. The molecule has 2 amide bonds. The van der Waals surface area contributed by atoms with E-state index in [1.54, 1.807) is 0 Å². The molecule has 5 heteroatoms. The van der Waals surface area contributed by atoms with E-state index in [0.717, 1.165) is 6.54 Å². The number of carbonyl (C=O) groups excluding carboxylic acids is 2. The Labute approximate surface area is 162 Å². The number of carbonyl (C=O) groups is 2. The average Bonchev–Trinajstić information content (AvgIpc) is 3.15. The smallest absolute Gasteiger partial charge is 0.224 e. The van der Waals surface area contributed by atoms with Crippen molar-refractivity contribution in [3.63, 3.8) is 0 Å². The molecule has 27 heavy (non-hydrogen) atoms. The first-order valence-electron chi connectivity index (χ1n) is 10.4. The van der Waals surface area contributed by atoms with E-state index < -0.39 is 0 Å². The minimum Gasteiger partial charge on any atom is -0.374 e. The van der Waals surface area contributed by atoms with E-state index in [9.17, 15) is 9.59 Å². The van der Waals surface area contributed by atoms with Crippen LogP contribution < -0.4 is 4.90 Å². The molecule has 3 aliphatic rings. The van der Waals surface area contributed by atoms with Gasteiger partial charge in [0.15, 0.2) is 0 Å². The Kier molecular flexibility index (Phi) is 5.11. The lowest BCUT2D eigenvalue weighted by atomic mass is 9.84. The molecule has 1 aliphatic carbocycles. The van der Waals surface area contributed by atoms with Gasteiger partial charge in [-0.3, -0.25) is 9.59 Å². The van der Waals surface area contributed by atoms with Crippen LogP contribution in [0.15, 0.2) is 24.3 Å². The number of fused-ring (bicyclic) bond motifs is 3. The van der Waals surface area contributed by atoms with Gasteiger partial charge < -0.3 is 14.7 Å². The van der Waals surface area contributed by atoms with Gasteiger partial charge in [-0.05, 0) is 30.4 Å². The van der Waals surface area contributed by atoms with Crippen LogP contribution in [0.1, 0.15) is 50.1 Å². The van der Waals surface area contributed by atoms with E-state index >= 15 is 0 Å². The van der Waals surface area contributed by atoms with E-state index in [2.05, 4.69) is 41.1 Å². The normalized spacial score (nSPS) is 26.4. The summed E-state index contributed by atoms with van der Waals surface area (Å²) in [5.41, 5.74) is 2.45. The monoisotopic (exact) mass is 369 g/mol. The molecule has 0 radical (unpaired) electrons. The Hall–Kier alpha value is -2.04. The Balaban J connectivity index is 1.68. The van der Waals surface area contributed by atoms with Crippen LogP contribution in [0.4, 0.5) is 5.69 Å². The van der Waals surface area contributed by atoms with E-state index in [-0.39, 0.29) is 23.8 Å². The van der Waals surface area contributed by atoms with Gasteiger partial charge in [-0.2, -0.15) is 0 Å². The van der Waals surface area contributed by atoms with Crippen molar-refractivity contribution in [2.24, 2.45) is 11.8 Å². The number of nitrogens with zero attached hydrogens (tertiary/aromatic N) is 3. The molecule has 0 N–H and O–H groups in total. The third-order valence-electron chi connectivity index (χ3n) is 6.72. The summed E-state index contributed by atoms with van der Waals surface area (Å²) in [5.74, 6) is 1.16. The maximum atomic E-state index is 13.3. The summed E-state index contributed by atoms with van der Waals surface area (Å²) < 4.78 is 0. The van der Waals surface area contributed by atoms with Gasteiger partial charge in [0.05, 0.1) is 6.04 Å². The van der Waals surface area contributed by atoms with Gasteiger partial charge in [0.1, 0.15) is 0 Å². The Morgan fingerprint density at radius 3 is 2.56 bits per heavy atom. The largest absolute Gasteiger partial charge is 0.374 e. The van der Waals surface area contributed by atoms with Crippen LogP contribution in [0, 0.1) is 11.8 Å². The SMILES string of the molecule is CN1C[C@H]2CN(C)c3ccccc3[C@@H]2N(C(=O)CC2CCCC2)CCC1=O. The minimum absolute atomic E-state index is 0.0712. The Bertz CT molecular complexity index is 713. The number of rotatable bonds is 2. The lowest BCUT2D eigenvalue weighted by Crippen LogP contribution is -2.52. The van der Waals surface area contributed by atoms with Gasteiger partial charge in [-0.25, -0.2) is 0 Å². The fraction of sp³-hybridized carbons (Fsp3) is 0.636. The number of para-hydroxylation sites is 1. The third-order valence-corrected chi connectivity index (χ3v) is 6.72. The molecule has 2 aliphatic heterocycles. The predicted molar refractivity (Wildman–Crippen MR) is 106 cm³/mol. The summed E-state index contributed by atoms with van der Waals surface area (Å²) in [6, 6.07) is 8.53. The van der Waals surface area contributed by atoms with Crippen molar-refractivity contribution in [1.82, 2.24) is 9.80 Å². The second-order valence-corrected chi connectivity index (χ2v) is 8.61. The third kappa shape index (κ3) is 3.56. The average molecular weight is 370 g/mol. The van der Waals surface area contributed by atoms with Crippen LogP contribution in [0.3, 0.4) is 0 Å². The van der Waals surface area contributed by atoms with Crippen molar-refractivity contribution >= 4 is 17.5 Å². The molecule has 0 bridgehead atoms. The fourth-order valence-electron chi connectivity index (χ4n) is 5.33. The second kappa shape index (κ2) is 7.53. The fourth-order valence-corrected chi connectivity index (χ4v) is 5.33. The van der Waals surface area contributed by atoms with Crippen molar-refractivity contribution in [2.75, 3.05) is 38.6 Å². The van der Waals surface area contributed by atoms with Gasteiger partial charge in [-0.1, -0.05) is 31.0 Å². The van der Waals surface area contributed by atoms with Gasteiger partial charge in [0.25, 0.3) is 0 Å². The molecule has 1 saturated carbocycles. The number of anilines is 1. The first-order chi connectivity index (χ1) is 13.0. The zero-order valence-electron chi connectivity index (χ0n) is 16.6. The van der Waals surface area contributed by atoms with Crippen molar-refractivity contribution in [2.45, 2.75) is 44.6 Å². The van der Waals surface area contributed by atoms with Crippen LogP contribution >= 0.6 is 0 Å². The number of hydrogen-bond acceptors (Lipinski definition) is 3. The molecule has 1 aromatic rings. The molecule has 2 heterocycles. The lowest BCUT2D eigenvalue weighted by molar-refractivity contribution is -0.141. The summed E-state index contributed by atoms with van der Waals surface area (Å²) in [5, 5.41) is 0. The summed E-state index contributed by atoms with van der Waals surface area (Å²) in [6.45, 7) is 2.11. The molecular weight excluding hydrogens is 338 g/mol. The van der Waals surface area contributed by atoms with Gasteiger partial charge >= 0.3 is 0 Å². The highest BCUT2D eigenvalue weighted by molar-refractivity contribution is 5.80. The quantitative estimate of drug-likeness (QED) is 0.805. The van der Waals surface area contributed by atoms with Gasteiger partial charge in [-0.15, -0.1) is 0 Å². The van der Waals surface area contributed by atoms with Crippen LogP contribution in [-0.4, -0.2) is 55.3 Å². The van der Waals surface area contributed by atoms with Crippen LogP contribution in [-0.2, 0) is 9.59 Å². The highest BCUT2D eigenvalue weighted by atomic mass is 16.2. The summed E-state index contributed by atoms with van der Waals surface area (Å²) in [4.78, 5) is 32.0. The summed E-state index contributed by atoms with van der Waals surface area (Å²) in [6.07, 6.45) is 5.92. The number of amides is 2. The molecule has 4 rings (SSSR count). The summed E-state index contributed by atoms with van der Waals surface area (Å²) >= 11 is 0. The van der Waals surface area contributed by atoms with Gasteiger partial charge in [0, 0.05) is 58.2 Å². The Morgan fingerprint density at radius 2 is 1.78 bits per heavy atom. The minimum atomic E-state index is 0.0712. The maximum absolute atomic E-state index is 13.3. The molecular formula is C22H31N3O2. The molecule has 2 fully saturated rings. The zero-order chi connectivity index (χ0) is 19.0. The topological polar surface area (TPSA) is 43.9 Å². The van der Waals surface area contributed by atoms with Crippen molar-refractivity contribution < 1.29 is 9.59 Å². The highest BCUT2D eigenvalue weighted by Gasteiger charge is 2.40. The van der Waals surface area contributed by atoms with E-state index in [1.807, 2.05) is 11.9 Å². The first-order valence-corrected chi connectivity index (χ1v) is 10.4. The van der Waals surface area contributed by atoms with Crippen molar-refractivity contribution in [3.05, 3.63) is 29.8 Å². The summed E-state index contributed by atoms with van der Waals surface area (Å²) in [7, 11) is 4.01. The van der Waals surface area contributed by atoms with E-state index in [4.69, 9.17) is 0 Å². The molecule has 1 aromatic carbocycles. The molecule has 5 nitrogen and oxygen atoms in total. The van der Waals surface area contributed by atoms with Crippen molar-refractivity contribution in [1.29, 1.82) is 0 Å². The number of hydrogen-bond donors (Lipinski definition) is 0. The molecule has 1 saturated heterocycles. The molecule has 0 spiro atoms. The highest BCUT2D eigenvalue weighted by Crippen LogP contribution is 2.42. The number of benzene rings is 1. The molecule has 146 valence electrons. The molecule has 0 unspecified atom stereocenters. The Morgan fingerprint density at radius 1 is 1.07 bits per heavy atom. The van der Waals surface area contributed by atoms with E-state index in [1.165, 1.54) is 36.9 Å². The predicted octanol–water partition coefficient (Wildman–Crippen LogP) is 3.06.